The number of hydrogen-bond acceptors (Lipinski definition) is 3. The summed E-state index contributed by atoms with van der Waals surface area (Å²) in [6, 6.07) is -0.535. The van der Waals surface area contributed by atoms with E-state index in [1.165, 1.54) is 11.0 Å². The third kappa shape index (κ3) is 4.06. The Hall–Kier alpha value is -2.35. The van der Waals surface area contributed by atoms with Crippen LogP contribution in [0.15, 0.2) is 23.8 Å². The van der Waals surface area contributed by atoms with Gasteiger partial charge in [-0.3, -0.25) is 19.7 Å². The quantitative estimate of drug-likeness (QED) is 0.617. The van der Waals surface area contributed by atoms with Crippen LogP contribution >= 0.6 is 0 Å². The lowest BCUT2D eigenvalue weighted by Gasteiger charge is -2.29. The summed E-state index contributed by atoms with van der Waals surface area (Å²) < 4.78 is 0. The van der Waals surface area contributed by atoms with Gasteiger partial charge in [-0.15, -0.1) is 12.8 Å². The maximum absolute atomic E-state index is 12.0. The molecule has 2 rings (SSSR count). The Kier molecular flexibility index (Phi) is 7.77. The summed E-state index contributed by atoms with van der Waals surface area (Å²) in [6.07, 6.45) is 10.2. The van der Waals surface area contributed by atoms with Crippen LogP contribution in [0.2, 0.25) is 0 Å². The molecule has 0 aliphatic carbocycles. The SMILES string of the molecule is C#C.C=CC1=C(C)CN(C2CCC(=O)NC2=O)C1=O.CC. The molecule has 0 aromatic rings. The van der Waals surface area contributed by atoms with Crippen LogP contribution in [-0.4, -0.2) is 35.2 Å². The Balaban J connectivity index is 0.000000921. The lowest BCUT2D eigenvalue weighted by molar-refractivity contribution is -0.142. The van der Waals surface area contributed by atoms with Crippen molar-refractivity contribution in [2.24, 2.45) is 0 Å². The van der Waals surface area contributed by atoms with Gasteiger partial charge in [0.15, 0.2) is 0 Å². The number of hydrogen-bond donors (Lipinski definition) is 1. The largest absolute Gasteiger partial charge is 0.323 e. The predicted octanol–water partition coefficient (Wildman–Crippen LogP) is 1.41. The summed E-state index contributed by atoms with van der Waals surface area (Å²) in [5, 5.41) is 2.26. The van der Waals surface area contributed by atoms with Crippen molar-refractivity contribution < 1.29 is 14.4 Å². The van der Waals surface area contributed by atoms with E-state index in [1.807, 2.05) is 20.8 Å². The van der Waals surface area contributed by atoms with E-state index in [4.69, 9.17) is 0 Å². The van der Waals surface area contributed by atoms with Gasteiger partial charge in [-0.05, 0) is 18.9 Å². The molecule has 2 heterocycles. The number of piperidine rings is 1. The average Bonchev–Trinajstić information content (AvgIpc) is 2.77. The summed E-state index contributed by atoms with van der Waals surface area (Å²) in [6.45, 7) is 9.88. The molecule has 0 saturated carbocycles. The molecule has 5 nitrogen and oxygen atoms in total. The first-order valence-corrected chi connectivity index (χ1v) is 6.84. The van der Waals surface area contributed by atoms with Crippen LogP contribution in [0.5, 0.6) is 0 Å². The smallest absolute Gasteiger partial charge is 0.254 e. The average molecular weight is 290 g/mol. The van der Waals surface area contributed by atoms with Gasteiger partial charge in [0.2, 0.25) is 11.8 Å². The highest BCUT2D eigenvalue weighted by Gasteiger charge is 2.38. The molecule has 0 aromatic heterocycles. The monoisotopic (exact) mass is 290 g/mol. The Morgan fingerprint density at radius 3 is 2.29 bits per heavy atom. The molecule has 1 fully saturated rings. The number of nitrogens with one attached hydrogen (secondary N) is 1. The van der Waals surface area contributed by atoms with Crippen LogP contribution in [0.4, 0.5) is 0 Å². The van der Waals surface area contributed by atoms with E-state index in [-0.39, 0.29) is 24.1 Å². The lowest BCUT2D eigenvalue weighted by atomic mass is 10.0. The first-order chi connectivity index (χ1) is 10.0. The molecule has 2 aliphatic rings. The van der Waals surface area contributed by atoms with E-state index in [2.05, 4.69) is 24.7 Å². The van der Waals surface area contributed by atoms with E-state index in [9.17, 15) is 14.4 Å². The molecule has 0 spiro atoms. The van der Waals surface area contributed by atoms with Crippen LogP contribution in [0, 0.1) is 12.8 Å². The fourth-order valence-corrected chi connectivity index (χ4v) is 2.24. The number of amides is 3. The molecule has 0 bridgehead atoms. The summed E-state index contributed by atoms with van der Waals surface area (Å²) in [7, 11) is 0. The van der Waals surface area contributed by atoms with Gasteiger partial charge in [0.25, 0.3) is 5.91 Å². The zero-order chi connectivity index (χ0) is 16.6. The fourth-order valence-electron chi connectivity index (χ4n) is 2.24. The molecule has 0 aromatic carbocycles. The van der Waals surface area contributed by atoms with Crippen molar-refractivity contribution in [2.75, 3.05) is 6.54 Å². The number of nitrogens with zero attached hydrogens (tertiary/aromatic N) is 1. The van der Waals surface area contributed by atoms with Crippen LogP contribution in [0.3, 0.4) is 0 Å². The minimum absolute atomic E-state index is 0.174. The fraction of sp³-hybridized carbons (Fsp3) is 0.438. The van der Waals surface area contributed by atoms with E-state index in [0.717, 1.165) is 5.57 Å². The second kappa shape index (κ2) is 8.75. The van der Waals surface area contributed by atoms with Gasteiger partial charge in [-0.2, -0.15) is 0 Å². The zero-order valence-corrected chi connectivity index (χ0v) is 12.8. The van der Waals surface area contributed by atoms with Crippen molar-refractivity contribution >= 4 is 17.7 Å². The molecule has 3 amide bonds. The number of imide groups is 1. The maximum atomic E-state index is 12.0. The highest BCUT2D eigenvalue weighted by molar-refractivity contribution is 6.05. The van der Waals surface area contributed by atoms with Crippen molar-refractivity contribution in [3.8, 4) is 12.8 Å². The predicted molar refractivity (Wildman–Crippen MR) is 82.0 cm³/mol. The van der Waals surface area contributed by atoms with Crippen LogP contribution < -0.4 is 5.32 Å². The number of terminal acetylenes is 1. The molecule has 2 aliphatic heterocycles. The minimum atomic E-state index is -0.535. The van der Waals surface area contributed by atoms with Crippen molar-refractivity contribution in [3.05, 3.63) is 23.8 Å². The summed E-state index contributed by atoms with van der Waals surface area (Å²) in [5.41, 5.74) is 1.48. The Morgan fingerprint density at radius 1 is 1.29 bits per heavy atom. The summed E-state index contributed by atoms with van der Waals surface area (Å²) in [4.78, 5) is 36.2. The highest BCUT2D eigenvalue weighted by Crippen LogP contribution is 2.24. The first-order valence-electron chi connectivity index (χ1n) is 6.84. The van der Waals surface area contributed by atoms with Crippen molar-refractivity contribution in [1.29, 1.82) is 0 Å². The molecular formula is C16H22N2O3. The van der Waals surface area contributed by atoms with Crippen molar-refractivity contribution in [1.82, 2.24) is 10.2 Å². The normalized spacial score (nSPS) is 20.9. The third-order valence-electron chi connectivity index (χ3n) is 3.15. The highest BCUT2D eigenvalue weighted by atomic mass is 16.2. The third-order valence-corrected chi connectivity index (χ3v) is 3.15. The molecule has 1 unspecified atom stereocenters. The van der Waals surface area contributed by atoms with Gasteiger partial charge in [-0.25, -0.2) is 0 Å². The topological polar surface area (TPSA) is 66.5 Å². The van der Waals surface area contributed by atoms with E-state index in [0.29, 0.717) is 18.5 Å². The molecule has 5 heteroatoms. The summed E-state index contributed by atoms with van der Waals surface area (Å²) in [5.74, 6) is -0.828. The second-order valence-corrected chi connectivity index (χ2v) is 4.30. The van der Waals surface area contributed by atoms with Gasteiger partial charge < -0.3 is 4.90 Å². The van der Waals surface area contributed by atoms with E-state index in [1.54, 1.807) is 0 Å². The van der Waals surface area contributed by atoms with Crippen LogP contribution in [0.1, 0.15) is 33.6 Å². The van der Waals surface area contributed by atoms with Crippen LogP contribution in [0.25, 0.3) is 0 Å². The molecule has 1 saturated heterocycles. The van der Waals surface area contributed by atoms with Gasteiger partial charge in [0.1, 0.15) is 6.04 Å². The number of carbonyl (C=O) groups excluding carboxylic acids is 3. The molecule has 114 valence electrons. The Bertz CT molecular complexity index is 489. The zero-order valence-electron chi connectivity index (χ0n) is 12.8. The lowest BCUT2D eigenvalue weighted by Crippen LogP contribution is -2.53. The van der Waals surface area contributed by atoms with E-state index >= 15 is 0 Å². The molecular weight excluding hydrogens is 268 g/mol. The van der Waals surface area contributed by atoms with Crippen LogP contribution in [-0.2, 0) is 14.4 Å². The Labute approximate surface area is 126 Å². The molecule has 1 N–H and O–H groups in total. The number of carbonyl (C=O) groups is 3. The maximum Gasteiger partial charge on any atom is 0.254 e. The minimum Gasteiger partial charge on any atom is -0.323 e. The molecule has 21 heavy (non-hydrogen) atoms. The first kappa shape index (κ1) is 18.7. The molecule has 1 atom stereocenters. The molecule has 0 radical (unpaired) electrons. The van der Waals surface area contributed by atoms with Gasteiger partial charge >= 0.3 is 0 Å². The second-order valence-electron chi connectivity index (χ2n) is 4.30. The summed E-state index contributed by atoms with van der Waals surface area (Å²) >= 11 is 0. The van der Waals surface area contributed by atoms with E-state index < -0.39 is 6.04 Å². The van der Waals surface area contributed by atoms with Gasteiger partial charge in [0, 0.05) is 18.5 Å². The van der Waals surface area contributed by atoms with Crippen molar-refractivity contribution in [3.63, 3.8) is 0 Å². The standard InChI is InChI=1S/C12H14N2O3.C2H6.C2H2/c1-3-8-7(2)6-14(12(8)17)9-4-5-10(15)13-11(9)16;2*1-2/h3,9H,1,4-6H2,2H3,(H,13,15,16);1-2H3;1-2H. The Morgan fingerprint density at radius 2 is 1.86 bits per heavy atom. The van der Waals surface area contributed by atoms with Crippen molar-refractivity contribution in [2.45, 2.75) is 39.7 Å². The number of rotatable bonds is 2. The van der Waals surface area contributed by atoms with Gasteiger partial charge in [-0.1, -0.05) is 26.5 Å². The van der Waals surface area contributed by atoms with Gasteiger partial charge in [0.05, 0.1) is 0 Å².